The van der Waals surface area contributed by atoms with Crippen LogP contribution in [0.25, 0.3) is 28.2 Å². The summed E-state index contributed by atoms with van der Waals surface area (Å²) >= 11 is 0. The molecule has 198 valence electrons. The number of hydrogen-bond acceptors (Lipinski definition) is 5. The number of anilines is 1. The van der Waals surface area contributed by atoms with E-state index < -0.39 is 17.8 Å². The molecule has 0 radical (unpaired) electrons. The molecule has 11 heteroatoms. The second-order valence-corrected chi connectivity index (χ2v) is 8.93. The second-order valence-electron chi connectivity index (χ2n) is 8.93. The molecule has 3 heterocycles. The number of imidazole rings is 1. The third-order valence-electron chi connectivity index (χ3n) is 6.02. The zero-order valence-corrected chi connectivity index (χ0v) is 20.6. The highest BCUT2D eigenvalue weighted by atomic mass is 19.4. The van der Waals surface area contributed by atoms with E-state index in [-0.39, 0.29) is 23.6 Å². The lowest BCUT2D eigenvalue weighted by Crippen LogP contribution is -2.12. The van der Waals surface area contributed by atoms with Gasteiger partial charge in [-0.2, -0.15) is 18.3 Å². The van der Waals surface area contributed by atoms with E-state index >= 15 is 0 Å². The molecule has 0 saturated heterocycles. The number of unbranched alkanes of at least 4 members (excludes halogenated alkanes) is 3. The van der Waals surface area contributed by atoms with Crippen molar-refractivity contribution in [3.8, 4) is 22.5 Å². The SMILES string of the molecule is Cc1ccc(-c2cn3nc(-c4cccnc4C(F)(F)F)ccc3n2)cc1NC(=O)CCCCCCC(=O)O. The number of carboxylic acid groups (broad SMARTS) is 1. The number of nitrogens with one attached hydrogen (secondary N) is 1. The number of aliphatic carboxylic acids is 1. The number of pyridine rings is 1. The summed E-state index contributed by atoms with van der Waals surface area (Å²) in [5.41, 5.74) is 2.19. The fourth-order valence-corrected chi connectivity index (χ4v) is 4.05. The van der Waals surface area contributed by atoms with Gasteiger partial charge in [0.05, 0.1) is 17.6 Å². The van der Waals surface area contributed by atoms with Crippen molar-refractivity contribution in [3.63, 3.8) is 0 Å². The Labute approximate surface area is 216 Å². The number of carboxylic acids is 1. The number of carbonyl (C=O) groups is 2. The average Bonchev–Trinajstić information content (AvgIpc) is 3.30. The first-order valence-corrected chi connectivity index (χ1v) is 12.1. The molecular formula is C27H26F3N5O3. The molecule has 4 aromatic rings. The van der Waals surface area contributed by atoms with Gasteiger partial charge in [0.15, 0.2) is 11.3 Å². The molecule has 0 aliphatic carbocycles. The predicted octanol–water partition coefficient (Wildman–Crippen LogP) is 6.15. The van der Waals surface area contributed by atoms with E-state index in [1.807, 2.05) is 19.1 Å². The summed E-state index contributed by atoms with van der Waals surface area (Å²) in [5.74, 6) is -0.953. The predicted molar refractivity (Wildman–Crippen MR) is 135 cm³/mol. The van der Waals surface area contributed by atoms with Gasteiger partial charge >= 0.3 is 12.1 Å². The first kappa shape index (κ1) is 26.8. The molecule has 0 aliphatic rings. The van der Waals surface area contributed by atoms with Gasteiger partial charge < -0.3 is 10.4 Å². The summed E-state index contributed by atoms with van der Waals surface area (Å²) in [5, 5.41) is 15.9. The van der Waals surface area contributed by atoms with E-state index in [4.69, 9.17) is 5.11 Å². The molecule has 38 heavy (non-hydrogen) atoms. The van der Waals surface area contributed by atoms with Crippen LogP contribution in [0.3, 0.4) is 0 Å². The standard InChI is InChI=1S/C27H26F3N5O3/c1-17-10-11-18(15-21(17)33-24(36)8-4-2-3-5-9-25(37)38)22-16-35-23(32-22)13-12-20(34-35)19-7-6-14-31-26(19)27(28,29)30/h6-7,10-16H,2-5,8-9H2,1H3,(H,33,36)(H,37,38). The van der Waals surface area contributed by atoms with Crippen molar-refractivity contribution in [1.82, 2.24) is 19.6 Å². The minimum atomic E-state index is -4.61. The van der Waals surface area contributed by atoms with Gasteiger partial charge in [0.25, 0.3) is 0 Å². The Bertz CT molecular complexity index is 1470. The van der Waals surface area contributed by atoms with E-state index in [1.54, 1.807) is 18.3 Å². The Kier molecular flexibility index (Phi) is 8.04. The molecule has 0 atom stereocenters. The summed E-state index contributed by atoms with van der Waals surface area (Å²) in [6.07, 6.45) is 1.36. The van der Waals surface area contributed by atoms with Crippen molar-refractivity contribution in [2.75, 3.05) is 5.32 Å². The summed E-state index contributed by atoms with van der Waals surface area (Å²) in [6.45, 7) is 1.87. The molecule has 0 unspecified atom stereocenters. The number of aryl methyl sites for hydroxylation is 1. The van der Waals surface area contributed by atoms with Crippen LogP contribution in [0.1, 0.15) is 49.8 Å². The largest absolute Gasteiger partial charge is 0.481 e. The van der Waals surface area contributed by atoms with Gasteiger partial charge in [0.1, 0.15) is 0 Å². The van der Waals surface area contributed by atoms with Crippen LogP contribution in [0.5, 0.6) is 0 Å². The Morgan fingerprint density at radius 1 is 1.00 bits per heavy atom. The molecule has 0 saturated carbocycles. The first-order chi connectivity index (χ1) is 18.1. The Morgan fingerprint density at radius 3 is 2.50 bits per heavy atom. The number of amides is 1. The summed E-state index contributed by atoms with van der Waals surface area (Å²) in [4.78, 5) is 31.0. The maximum absolute atomic E-state index is 13.4. The van der Waals surface area contributed by atoms with Crippen molar-refractivity contribution in [1.29, 1.82) is 0 Å². The number of fused-ring (bicyclic) bond motifs is 1. The number of alkyl halides is 3. The van der Waals surface area contributed by atoms with Crippen molar-refractivity contribution in [3.05, 3.63) is 66.1 Å². The van der Waals surface area contributed by atoms with Gasteiger partial charge in [-0.15, -0.1) is 0 Å². The smallest absolute Gasteiger partial charge is 0.434 e. The highest BCUT2D eigenvalue weighted by molar-refractivity contribution is 5.92. The zero-order chi connectivity index (χ0) is 27.3. The summed E-state index contributed by atoms with van der Waals surface area (Å²) in [7, 11) is 0. The fraction of sp³-hybridized carbons (Fsp3) is 0.296. The number of nitrogens with zero attached hydrogens (tertiary/aromatic N) is 4. The average molecular weight is 526 g/mol. The highest BCUT2D eigenvalue weighted by Gasteiger charge is 2.35. The van der Waals surface area contributed by atoms with Crippen LogP contribution in [0.2, 0.25) is 0 Å². The van der Waals surface area contributed by atoms with Crippen LogP contribution in [0.15, 0.2) is 54.9 Å². The van der Waals surface area contributed by atoms with E-state index in [0.29, 0.717) is 41.9 Å². The molecule has 3 aromatic heterocycles. The number of hydrogen-bond donors (Lipinski definition) is 2. The van der Waals surface area contributed by atoms with Crippen molar-refractivity contribution in [2.24, 2.45) is 0 Å². The third kappa shape index (κ3) is 6.53. The van der Waals surface area contributed by atoms with Crippen LogP contribution < -0.4 is 5.32 Å². The van der Waals surface area contributed by atoms with Gasteiger partial charge in [-0.1, -0.05) is 25.0 Å². The molecular weight excluding hydrogens is 499 g/mol. The van der Waals surface area contributed by atoms with Gasteiger partial charge in [-0.25, -0.2) is 9.50 Å². The van der Waals surface area contributed by atoms with Gasteiger partial charge in [0.2, 0.25) is 5.91 Å². The third-order valence-corrected chi connectivity index (χ3v) is 6.02. The Balaban J connectivity index is 1.49. The molecule has 0 bridgehead atoms. The van der Waals surface area contributed by atoms with Crippen molar-refractivity contribution in [2.45, 2.75) is 51.6 Å². The van der Waals surface area contributed by atoms with Crippen LogP contribution in [-0.4, -0.2) is 36.6 Å². The summed E-state index contributed by atoms with van der Waals surface area (Å²) in [6, 6.07) is 11.3. The van der Waals surface area contributed by atoms with Crippen LogP contribution >= 0.6 is 0 Å². The van der Waals surface area contributed by atoms with Crippen LogP contribution in [0.4, 0.5) is 18.9 Å². The van der Waals surface area contributed by atoms with Crippen LogP contribution in [-0.2, 0) is 15.8 Å². The fourth-order valence-electron chi connectivity index (χ4n) is 4.05. The minimum absolute atomic E-state index is 0.113. The number of rotatable bonds is 10. The lowest BCUT2D eigenvalue weighted by atomic mass is 10.1. The maximum Gasteiger partial charge on any atom is 0.434 e. The number of carbonyl (C=O) groups excluding carboxylic acids is 1. The molecule has 2 N–H and O–H groups in total. The zero-order valence-electron chi connectivity index (χ0n) is 20.6. The van der Waals surface area contributed by atoms with Crippen LogP contribution in [0, 0.1) is 6.92 Å². The van der Waals surface area contributed by atoms with E-state index in [0.717, 1.165) is 24.6 Å². The molecule has 8 nitrogen and oxygen atoms in total. The highest BCUT2D eigenvalue weighted by Crippen LogP contribution is 2.35. The Morgan fingerprint density at radius 2 is 1.76 bits per heavy atom. The van der Waals surface area contributed by atoms with Gasteiger partial charge in [0, 0.05) is 35.9 Å². The topological polar surface area (TPSA) is 109 Å². The molecule has 0 aliphatic heterocycles. The quantitative estimate of drug-likeness (QED) is 0.240. The molecule has 1 aromatic carbocycles. The first-order valence-electron chi connectivity index (χ1n) is 12.1. The molecule has 1 amide bonds. The number of aromatic nitrogens is 4. The van der Waals surface area contributed by atoms with Crippen molar-refractivity contribution < 1.29 is 27.9 Å². The van der Waals surface area contributed by atoms with E-state index in [2.05, 4.69) is 20.4 Å². The summed E-state index contributed by atoms with van der Waals surface area (Å²) < 4.78 is 41.7. The maximum atomic E-state index is 13.4. The molecule has 0 fully saturated rings. The lowest BCUT2D eigenvalue weighted by Gasteiger charge is -2.10. The van der Waals surface area contributed by atoms with Crippen molar-refractivity contribution >= 4 is 23.2 Å². The Hall–Kier alpha value is -4.28. The monoisotopic (exact) mass is 525 g/mol. The van der Waals surface area contributed by atoms with Gasteiger partial charge in [-0.05, 0) is 55.7 Å². The molecule has 4 rings (SSSR count). The lowest BCUT2D eigenvalue weighted by molar-refractivity contribution is -0.140. The minimum Gasteiger partial charge on any atom is -0.481 e. The normalized spacial score (nSPS) is 11.6. The van der Waals surface area contributed by atoms with Gasteiger partial charge in [-0.3, -0.25) is 14.6 Å². The number of benzene rings is 1. The second kappa shape index (κ2) is 11.4. The number of halogens is 3. The van der Waals surface area contributed by atoms with E-state index in [9.17, 15) is 22.8 Å². The van der Waals surface area contributed by atoms with E-state index in [1.165, 1.54) is 22.7 Å². The molecule has 0 spiro atoms.